The Kier molecular flexibility index (Phi) is 7.80. The molecule has 3 aromatic rings. The highest BCUT2D eigenvalue weighted by Crippen LogP contribution is 2.37. The number of aliphatic hydroxyl groups is 1. The van der Waals surface area contributed by atoms with E-state index in [1.165, 1.54) is 17.5 Å². The van der Waals surface area contributed by atoms with Crippen LogP contribution in [0.3, 0.4) is 0 Å². The molecule has 0 spiro atoms. The van der Waals surface area contributed by atoms with Crippen molar-refractivity contribution in [3.05, 3.63) is 57.7 Å². The van der Waals surface area contributed by atoms with Crippen molar-refractivity contribution >= 4 is 38.8 Å². The summed E-state index contributed by atoms with van der Waals surface area (Å²) in [6.07, 6.45) is 1.62. The van der Waals surface area contributed by atoms with Gasteiger partial charge >= 0.3 is 0 Å². The lowest BCUT2D eigenvalue weighted by atomic mass is 9.97. The number of carbonyl (C=O) groups is 1. The maximum atomic E-state index is 15.6. The van der Waals surface area contributed by atoms with E-state index >= 15 is 4.39 Å². The van der Waals surface area contributed by atoms with Crippen LogP contribution in [0.5, 0.6) is 5.75 Å². The summed E-state index contributed by atoms with van der Waals surface area (Å²) < 4.78 is 21.4. The van der Waals surface area contributed by atoms with Crippen LogP contribution in [-0.2, 0) is 6.42 Å². The van der Waals surface area contributed by atoms with Crippen LogP contribution in [-0.4, -0.2) is 48.3 Å². The van der Waals surface area contributed by atoms with Crippen molar-refractivity contribution in [1.29, 1.82) is 5.26 Å². The van der Waals surface area contributed by atoms with Crippen molar-refractivity contribution in [2.24, 2.45) is 0 Å². The molecule has 0 unspecified atom stereocenters. The highest BCUT2D eigenvalue weighted by Gasteiger charge is 2.30. The number of rotatable bonds is 8. The number of pyridine rings is 1. The first-order valence-corrected chi connectivity index (χ1v) is 12.8. The zero-order valence-corrected chi connectivity index (χ0v) is 21.7. The van der Waals surface area contributed by atoms with Crippen molar-refractivity contribution in [3.8, 4) is 11.8 Å². The van der Waals surface area contributed by atoms with Gasteiger partial charge < -0.3 is 31.1 Å². The van der Waals surface area contributed by atoms with E-state index in [1.807, 2.05) is 39.0 Å². The summed E-state index contributed by atoms with van der Waals surface area (Å²) in [5, 5.41) is 26.6. The van der Waals surface area contributed by atoms with Gasteiger partial charge in [-0.05, 0) is 32.5 Å². The number of nitrogens with one attached hydrogen (secondary N) is 2. The number of likely N-dealkylation sites (N-methyl/N-ethyl adjacent to an activating group) is 1. The third-order valence-electron chi connectivity index (χ3n) is 6.09. The Morgan fingerprint density at radius 3 is 2.95 bits per heavy atom. The second-order valence-electron chi connectivity index (χ2n) is 8.70. The van der Waals surface area contributed by atoms with Crippen LogP contribution in [0.2, 0.25) is 0 Å². The number of amides is 1. The summed E-state index contributed by atoms with van der Waals surface area (Å²) in [4.78, 5) is 20.1. The van der Waals surface area contributed by atoms with Crippen LogP contribution in [0, 0.1) is 24.1 Å². The molecule has 11 heteroatoms. The normalized spacial score (nSPS) is 15.1. The first-order valence-electron chi connectivity index (χ1n) is 12.0. The third kappa shape index (κ3) is 5.30. The second-order valence-corrected chi connectivity index (χ2v) is 9.69. The fourth-order valence-electron chi connectivity index (χ4n) is 4.21. The summed E-state index contributed by atoms with van der Waals surface area (Å²) in [5.74, 6) is -0.726. The minimum atomic E-state index is -0.701. The molecule has 1 amide bonds. The first-order chi connectivity index (χ1) is 17.8. The Morgan fingerprint density at radius 2 is 2.24 bits per heavy atom. The fourth-order valence-corrected chi connectivity index (χ4v) is 5.26. The van der Waals surface area contributed by atoms with Crippen molar-refractivity contribution in [2.75, 3.05) is 36.9 Å². The van der Waals surface area contributed by atoms with E-state index in [9.17, 15) is 15.2 Å². The minimum absolute atomic E-state index is 0.0558. The predicted molar refractivity (Wildman–Crippen MR) is 143 cm³/mol. The molecule has 0 saturated carbocycles. The second kappa shape index (κ2) is 11.0. The lowest BCUT2D eigenvalue weighted by Crippen LogP contribution is -2.43. The van der Waals surface area contributed by atoms with Gasteiger partial charge in [0.05, 0.1) is 24.0 Å². The topological polar surface area (TPSA) is 137 Å². The van der Waals surface area contributed by atoms with Crippen LogP contribution in [0.25, 0.3) is 10.2 Å². The van der Waals surface area contributed by atoms with E-state index in [1.54, 1.807) is 11.0 Å². The Bertz CT molecular complexity index is 1410. The van der Waals surface area contributed by atoms with E-state index in [2.05, 4.69) is 15.6 Å². The Morgan fingerprint density at radius 1 is 1.46 bits per heavy atom. The number of benzene rings is 1. The Labute approximate surface area is 218 Å². The van der Waals surface area contributed by atoms with Gasteiger partial charge in [0.1, 0.15) is 45.3 Å². The van der Waals surface area contributed by atoms with Crippen molar-refractivity contribution in [1.82, 2.24) is 15.6 Å². The molecule has 1 aliphatic rings. The van der Waals surface area contributed by atoms with Gasteiger partial charge in [-0.3, -0.25) is 4.79 Å². The number of nitriles is 1. The number of anilines is 2. The Balaban J connectivity index is 1.57. The molecule has 0 bridgehead atoms. The van der Waals surface area contributed by atoms with Gasteiger partial charge in [0.2, 0.25) is 0 Å². The average Bonchev–Trinajstić information content (AvgIpc) is 3.21. The largest absolute Gasteiger partial charge is 0.509 e. The molecular weight excluding hydrogens is 495 g/mol. The van der Waals surface area contributed by atoms with Gasteiger partial charge in [-0.2, -0.15) is 5.26 Å². The average molecular weight is 525 g/mol. The number of aliphatic hydroxyl groups excluding tert-OH is 1. The predicted octanol–water partition coefficient (Wildman–Crippen LogP) is 3.77. The molecule has 1 aromatic carbocycles. The molecule has 2 aromatic heterocycles. The molecule has 0 aliphatic carbocycles. The number of ether oxygens (including phenoxy) is 1. The van der Waals surface area contributed by atoms with E-state index < -0.39 is 11.9 Å². The van der Waals surface area contributed by atoms with E-state index in [4.69, 9.17) is 10.5 Å². The minimum Gasteiger partial charge on any atom is -0.509 e. The fraction of sp³-hybridized carbons (Fsp3) is 0.346. The van der Waals surface area contributed by atoms with E-state index in [-0.39, 0.29) is 42.4 Å². The van der Waals surface area contributed by atoms with Crippen LogP contribution >= 0.6 is 11.3 Å². The highest BCUT2D eigenvalue weighted by atomic mass is 32.1. The van der Waals surface area contributed by atoms with Gasteiger partial charge in [-0.25, -0.2) is 9.37 Å². The van der Waals surface area contributed by atoms with Crippen LogP contribution in [0.15, 0.2) is 30.2 Å². The monoisotopic (exact) mass is 524 g/mol. The Hall–Kier alpha value is -3.88. The SMILES string of the molecule is CCNC/C(O)=C/N(CC)c1cc2c(c(F)c1C#N)C[C@@H](NC(=O)c1sc3nc(C)ccc3c1N)CO2. The summed E-state index contributed by atoms with van der Waals surface area (Å²) in [6.45, 7) is 7.06. The van der Waals surface area contributed by atoms with Crippen LogP contribution < -0.4 is 26.0 Å². The molecule has 5 N–H and O–H groups in total. The quantitative estimate of drug-likeness (QED) is 0.327. The van der Waals surface area contributed by atoms with Crippen molar-refractivity contribution in [3.63, 3.8) is 0 Å². The van der Waals surface area contributed by atoms with Gasteiger partial charge in [-0.15, -0.1) is 11.3 Å². The third-order valence-corrected chi connectivity index (χ3v) is 7.21. The van der Waals surface area contributed by atoms with Gasteiger partial charge in [0.25, 0.3) is 5.91 Å². The lowest BCUT2D eigenvalue weighted by Gasteiger charge is -2.29. The number of aryl methyl sites for hydroxylation is 1. The first kappa shape index (κ1) is 26.2. The lowest BCUT2D eigenvalue weighted by molar-refractivity contribution is 0.0919. The number of aromatic nitrogens is 1. The molecule has 194 valence electrons. The molecule has 1 atom stereocenters. The molecule has 3 heterocycles. The van der Waals surface area contributed by atoms with Crippen molar-refractivity contribution in [2.45, 2.75) is 33.2 Å². The summed E-state index contributed by atoms with van der Waals surface area (Å²) >= 11 is 1.20. The van der Waals surface area contributed by atoms with E-state index in [0.29, 0.717) is 45.3 Å². The molecule has 9 nitrogen and oxygen atoms in total. The number of nitrogens with zero attached hydrogens (tertiary/aromatic N) is 3. The molecule has 0 radical (unpaired) electrons. The van der Waals surface area contributed by atoms with Gasteiger partial charge in [0.15, 0.2) is 0 Å². The molecule has 0 fully saturated rings. The number of carbonyl (C=O) groups excluding carboxylic acids is 1. The number of hydrogen-bond acceptors (Lipinski definition) is 9. The molecule has 37 heavy (non-hydrogen) atoms. The molecule has 1 aliphatic heterocycles. The van der Waals surface area contributed by atoms with Crippen LogP contribution in [0.1, 0.15) is 40.3 Å². The smallest absolute Gasteiger partial charge is 0.263 e. The summed E-state index contributed by atoms with van der Waals surface area (Å²) in [5.41, 5.74) is 7.75. The number of halogens is 1. The number of fused-ring (bicyclic) bond motifs is 2. The summed E-state index contributed by atoms with van der Waals surface area (Å²) in [6, 6.07) is 6.71. The zero-order valence-electron chi connectivity index (χ0n) is 20.9. The van der Waals surface area contributed by atoms with Crippen molar-refractivity contribution < 1.29 is 19.0 Å². The number of hydrogen-bond donors (Lipinski definition) is 4. The van der Waals surface area contributed by atoms with Gasteiger partial charge in [0, 0.05) is 41.9 Å². The number of nitrogen functional groups attached to an aromatic ring is 1. The number of nitrogens with two attached hydrogens (primary N) is 1. The standard InChI is InChI=1S/C26H29FN6O3S/c1-4-30-11-16(34)12-33(5-2)20-9-21-18(22(27)19(20)10-28)8-15(13-36-21)32-25(35)24-23(29)17-7-6-14(3)31-26(17)37-24/h6-7,9,12,15,30,34H,4-5,8,11,13,29H2,1-3H3,(H,32,35)/b16-12-/t15-/m1/s1. The maximum Gasteiger partial charge on any atom is 0.263 e. The zero-order chi connectivity index (χ0) is 26.7. The molecular formula is C26H29FN6O3S. The molecule has 0 saturated heterocycles. The maximum absolute atomic E-state index is 15.6. The summed E-state index contributed by atoms with van der Waals surface area (Å²) in [7, 11) is 0. The molecule has 4 rings (SSSR count). The number of thiophene rings is 1. The van der Waals surface area contributed by atoms with Crippen LogP contribution in [0.4, 0.5) is 15.8 Å². The van der Waals surface area contributed by atoms with Gasteiger partial charge in [-0.1, -0.05) is 6.92 Å². The van der Waals surface area contributed by atoms with E-state index in [0.717, 1.165) is 5.69 Å². The highest BCUT2D eigenvalue weighted by molar-refractivity contribution is 7.21.